The fourth-order valence-electron chi connectivity index (χ4n) is 3.26. The molecule has 4 aromatic rings. The summed E-state index contributed by atoms with van der Waals surface area (Å²) in [6.45, 7) is 4.19. The van der Waals surface area contributed by atoms with Crippen molar-refractivity contribution in [2.45, 2.75) is 13.8 Å². The zero-order chi connectivity index (χ0) is 17.4. The van der Waals surface area contributed by atoms with Gasteiger partial charge in [0.05, 0.1) is 0 Å². The lowest BCUT2D eigenvalue weighted by Gasteiger charge is -2.06. The van der Waals surface area contributed by atoms with Crippen molar-refractivity contribution in [1.29, 1.82) is 5.41 Å². The van der Waals surface area contributed by atoms with Crippen LogP contribution in [0.1, 0.15) is 25.0 Å². The number of hydrogen-bond donors (Lipinski definition) is 1. The van der Waals surface area contributed by atoms with Crippen LogP contribution in [0.4, 0.5) is 0 Å². The molecule has 0 fully saturated rings. The smallest absolute Gasteiger partial charge is 0.136 e. The fourth-order valence-corrected chi connectivity index (χ4v) is 3.26. The van der Waals surface area contributed by atoms with Crippen LogP contribution in [0.2, 0.25) is 0 Å². The van der Waals surface area contributed by atoms with Crippen molar-refractivity contribution in [2.75, 3.05) is 0 Å². The Labute approximate surface area is 146 Å². The predicted molar refractivity (Wildman–Crippen MR) is 106 cm³/mol. The lowest BCUT2D eigenvalue weighted by Crippen LogP contribution is -1.83. The van der Waals surface area contributed by atoms with E-state index in [-0.39, 0.29) is 0 Å². The van der Waals surface area contributed by atoms with Crippen molar-refractivity contribution >= 4 is 33.7 Å². The maximum atomic E-state index is 7.68. The Hall–Kier alpha value is -3.13. The first kappa shape index (κ1) is 15.4. The van der Waals surface area contributed by atoms with Crippen LogP contribution in [0, 0.1) is 5.41 Å². The maximum Gasteiger partial charge on any atom is 0.136 e. The number of benzene rings is 3. The zero-order valence-electron chi connectivity index (χ0n) is 14.3. The standard InChI is InChI=1S/C23H19NO/c1-3-15(2)16-6-4-7-17(12-16)18-10-11-21-20(13-18)23-19(14-24)8-5-9-22(23)25-21/h3-14,24H,1-2H3/b15-3+,24-14?. The summed E-state index contributed by atoms with van der Waals surface area (Å²) >= 11 is 0. The Kier molecular flexibility index (Phi) is 3.73. The number of rotatable bonds is 3. The molecule has 0 aliphatic rings. The van der Waals surface area contributed by atoms with Crippen molar-refractivity contribution in [3.63, 3.8) is 0 Å². The average Bonchev–Trinajstić information content (AvgIpc) is 3.05. The van der Waals surface area contributed by atoms with Gasteiger partial charge in [0.1, 0.15) is 11.2 Å². The highest BCUT2D eigenvalue weighted by Gasteiger charge is 2.11. The quantitative estimate of drug-likeness (QED) is 0.419. The fraction of sp³-hybridized carbons (Fsp3) is 0.0870. The van der Waals surface area contributed by atoms with E-state index in [1.165, 1.54) is 22.9 Å². The van der Waals surface area contributed by atoms with Gasteiger partial charge in [-0.05, 0) is 60.4 Å². The molecule has 0 aliphatic heterocycles. The molecule has 1 N–H and O–H groups in total. The van der Waals surface area contributed by atoms with Crippen LogP contribution in [0.25, 0.3) is 38.6 Å². The second-order valence-corrected chi connectivity index (χ2v) is 6.23. The molecular formula is C23H19NO. The molecule has 0 unspecified atom stereocenters. The maximum absolute atomic E-state index is 7.68. The largest absolute Gasteiger partial charge is 0.456 e. The highest BCUT2D eigenvalue weighted by Crippen LogP contribution is 2.34. The van der Waals surface area contributed by atoms with Crippen molar-refractivity contribution in [1.82, 2.24) is 0 Å². The number of allylic oxidation sites excluding steroid dienone is 2. The Morgan fingerprint density at radius 2 is 1.72 bits per heavy atom. The van der Waals surface area contributed by atoms with Crippen molar-refractivity contribution in [2.24, 2.45) is 0 Å². The van der Waals surface area contributed by atoms with Crippen LogP contribution in [0.15, 0.2) is 71.2 Å². The SMILES string of the molecule is C/C=C(\C)c1cccc(-c2ccc3oc4cccc(C=N)c4c3c2)c1. The molecule has 0 radical (unpaired) electrons. The molecule has 0 bridgehead atoms. The second kappa shape index (κ2) is 6.06. The Morgan fingerprint density at radius 3 is 2.52 bits per heavy atom. The third kappa shape index (κ3) is 2.56. The summed E-state index contributed by atoms with van der Waals surface area (Å²) < 4.78 is 5.95. The van der Waals surface area contributed by atoms with Gasteiger partial charge in [-0.15, -0.1) is 0 Å². The minimum atomic E-state index is 0.826. The van der Waals surface area contributed by atoms with Gasteiger partial charge in [-0.2, -0.15) is 0 Å². The van der Waals surface area contributed by atoms with E-state index in [0.717, 1.165) is 33.1 Å². The molecule has 2 nitrogen and oxygen atoms in total. The van der Waals surface area contributed by atoms with Gasteiger partial charge in [0, 0.05) is 22.6 Å². The van der Waals surface area contributed by atoms with Gasteiger partial charge < -0.3 is 9.83 Å². The van der Waals surface area contributed by atoms with Crippen molar-refractivity contribution in [3.05, 3.63) is 77.9 Å². The van der Waals surface area contributed by atoms with Crippen LogP contribution in [0.3, 0.4) is 0 Å². The summed E-state index contributed by atoms with van der Waals surface area (Å²) in [7, 11) is 0. The Balaban J connectivity index is 1.95. The van der Waals surface area contributed by atoms with Crippen LogP contribution in [-0.4, -0.2) is 6.21 Å². The highest BCUT2D eigenvalue weighted by atomic mass is 16.3. The molecule has 0 amide bonds. The predicted octanol–water partition coefficient (Wildman–Crippen LogP) is 6.67. The van der Waals surface area contributed by atoms with E-state index in [2.05, 4.69) is 56.3 Å². The van der Waals surface area contributed by atoms with Gasteiger partial charge in [0.15, 0.2) is 0 Å². The molecule has 25 heavy (non-hydrogen) atoms. The first-order valence-corrected chi connectivity index (χ1v) is 8.41. The first-order chi connectivity index (χ1) is 12.2. The number of nitrogens with one attached hydrogen (secondary N) is 1. The molecule has 1 aromatic heterocycles. The molecule has 2 heteroatoms. The third-order valence-electron chi connectivity index (χ3n) is 4.77. The van der Waals surface area contributed by atoms with E-state index in [0.29, 0.717) is 0 Å². The summed E-state index contributed by atoms with van der Waals surface area (Å²) in [6, 6.07) is 20.7. The molecule has 4 rings (SSSR count). The Morgan fingerprint density at radius 1 is 0.920 bits per heavy atom. The molecular weight excluding hydrogens is 306 g/mol. The molecule has 0 atom stereocenters. The molecule has 0 spiro atoms. The molecule has 1 heterocycles. The average molecular weight is 325 g/mol. The van der Waals surface area contributed by atoms with Crippen molar-refractivity contribution < 1.29 is 4.42 Å². The second-order valence-electron chi connectivity index (χ2n) is 6.23. The third-order valence-corrected chi connectivity index (χ3v) is 4.77. The summed E-state index contributed by atoms with van der Waals surface area (Å²) in [5, 5.41) is 9.75. The Bertz CT molecular complexity index is 1130. The first-order valence-electron chi connectivity index (χ1n) is 8.41. The normalized spacial score (nSPS) is 12.0. The van der Waals surface area contributed by atoms with E-state index in [4.69, 9.17) is 9.83 Å². The van der Waals surface area contributed by atoms with Gasteiger partial charge in [0.2, 0.25) is 0 Å². The van der Waals surface area contributed by atoms with Gasteiger partial charge in [-0.25, -0.2) is 0 Å². The minimum absolute atomic E-state index is 0.826. The van der Waals surface area contributed by atoms with Gasteiger partial charge in [-0.3, -0.25) is 0 Å². The van der Waals surface area contributed by atoms with Crippen LogP contribution in [-0.2, 0) is 0 Å². The number of hydrogen-bond acceptors (Lipinski definition) is 2. The molecule has 122 valence electrons. The summed E-state index contributed by atoms with van der Waals surface area (Å²) in [6.07, 6.45) is 3.52. The molecule has 0 saturated heterocycles. The summed E-state index contributed by atoms with van der Waals surface area (Å²) in [5.74, 6) is 0. The number of fused-ring (bicyclic) bond motifs is 3. The highest BCUT2D eigenvalue weighted by molar-refractivity contribution is 6.13. The molecule has 0 saturated carbocycles. The topological polar surface area (TPSA) is 37.0 Å². The van der Waals surface area contributed by atoms with Gasteiger partial charge in [-0.1, -0.05) is 42.5 Å². The van der Waals surface area contributed by atoms with Crippen LogP contribution >= 0.6 is 0 Å². The van der Waals surface area contributed by atoms with E-state index in [1.54, 1.807) is 0 Å². The van der Waals surface area contributed by atoms with Crippen LogP contribution < -0.4 is 0 Å². The van der Waals surface area contributed by atoms with Gasteiger partial charge in [0.25, 0.3) is 0 Å². The number of furan rings is 1. The van der Waals surface area contributed by atoms with E-state index >= 15 is 0 Å². The van der Waals surface area contributed by atoms with E-state index in [9.17, 15) is 0 Å². The van der Waals surface area contributed by atoms with E-state index < -0.39 is 0 Å². The zero-order valence-corrected chi connectivity index (χ0v) is 14.3. The molecule has 3 aromatic carbocycles. The van der Waals surface area contributed by atoms with Crippen LogP contribution in [0.5, 0.6) is 0 Å². The lowest BCUT2D eigenvalue weighted by atomic mass is 9.98. The summed E-state index contributed by atoms with van der Waals surface area (Å²) in [4.78, 5) is 0. The molecule has 0 aliphatic carbocycles. The van der Waals surface area contributed by atoms with E-state index in [1.807, 2.05) is 24.3 Å². The van der Waals surface area contributed by atoms with Gasteiger partial charge >= 0.3 is 0 Å². The van der Waals surface area contributed by atoms with Crippen molar-refractivity contribution in [3.8, 4) is 11.1 Å². The monoisotopic (exact) mass is 325 g/mol. The summed E-state index contributed by atoms with van der Waals surface area (Å²) in [5.41, 5.74) is 7.40. The lowest BCUT2D eigenvalue weighted by molar-refractivity contribution is 0.669. The minimum Gasteiger partial charge on any atom is -0.456 e.